The van der Waals surface area contributed by atoms with Gasteiger partial charge in [0.1, 0.15) is 17.1 Å². The van der Waals surface area contributed by atoms with Crippen LogP contribution in [0.25, 0.3) is 0 Å². The molecular formula is C19H26N2O5S. The summed E-state index contributed by atoms with van der Waals surface area (Å²) in [6, 6.07) is 8.89. The highest BCUT2D eigenvalue weighted by molar-refractivity contribution is 7.88. The molecule has 0 aliphatic carbocycles. The quantitative estimate of drug-likeness (QED) is 0.634. The number of esters is 1. The maximum absolute atomic E-state index is 12.2. The molecule has 1 aromatic carbocycles. The molecule has 148 valence electrons. The molecule has 0 aliphatic heterocycles. The smallest absolute Gasteiger partial charge is 0.341 e. The number of carbonyl (C=O) groups is 1. The molecule has 0 atom stereocenters. The highest BCUT2D eigenvalue weighted by Gasteiger charge is 2.16. The van der Waals surface area contributed by atoms with Gasteiger partial charge in [0.2, 0.25) is 10.0 Å². The van der Waals surface area contributed by atoms with Gasteiger partial charge >= 0.3 is 5.97 Å². The van der Waals surface area contributed by atoms with E-state index in [2.05, 4.69) is 10.0 Å². The summed E-state index contributed by atoms with van der Waals surface area (Å²) in [7, 11) is -2.07. The summed E-state index contributed by atoms with van der Waals surface area (Å²) in [5.74, 6) is 0.607. The molecule has 2 aromatic rings. The van der Waals surface area contributed by atoms with E-state index in [0.29, 0.717) is 30.2 Å². The molecule has 1 heterocycles. The Morgan fingerprint density at radius 3 is 2.48 bits per heavy atom. The highest BCUT2D eigenvalue weighted by atomic mass is 32.2. The van der Waals surface area contributed by atoms with Gasteiger partial charge in [-0.1, -0.05) is 24.3 Å². The van der Waals surface area contributed by atoms with Gasteiger partial charge in [0.05, 0.1) is 19.4 Å². The summed E-state index contributed by atoms with van der Waals surface area (Å²) in [6.45, 7) is 6.17. The van der Waals surface area contributed by atoms with Gasteiger partial charge in [-0.3, -0.25) is 0 Å². The molecule has 1 aromatic heterocycles. The van der Waals surface area contributed by atoms with E-state index in [1.165, 1.54) is 7.11 Å². The van der Waals surface area contributed by atoms with E-state index >= 15 is 0 Å². The molecule has 27 heavy (non-hydrogen) atoms. The Balaban J connectivity index is 2.02. The standard InChI is InChI=1S/C19H26N2O5S/c1-13(2)21-27(23,24)12-16-8-6-5-7-15(16)10-20-11-17-9-18(14(3)26-17)19(22)25-4/h5-9,13,20-21H,10-12H2,1-4H3. The summed E-state index contributed by atoms with van der Waals surface area (Å²) in [4.78, 5) is 11.6. The zero-order valence-corrected chi connectivity index (χ0v) is 16.9. The first kappa shape index (κ1) is 21.1. The largest absolute Gasteiger partial charge is 0.465 e. The van der Waals surface area contributed by atoms with Crippen LogP contribution in [0.15, 0.2) is 34.7 Å². The third-order valence-electron chi connectivity index (χ3n) is 3.87. The van der Waals surface area contributed by atoms with E-state index < -0.39 is 16.0 Å². The number of hydrogen-bond acceptors (Lipinski definition) is 6. The van der Waals surface area contributed by atoms with Crippen molar-refractivity contribution in [3.05, 3.63) is 58.5 Å². The summed E-state index contributed by atoms with van der Waals surface area (Å²) in [6.07, 6.45) is 0. The molecule has 8 heteroatoms. The van der Waals surface area contributed by atoms with Crippen molar-refractivity contribution in [2.75, 3.05) is 7.11 Å². The van der Waals surface area contributed by atoms with Gasteiger partial charge in [0, 0.05) is 12.6 Å². The maximum Gasteiger partial charge on any atom is 0.341 e. The Kier molecular flexibility index (Phi) is 7.18. The predicted octanol–water partition coefficient (Wildman–Crippen LogP) is 2.49. The molecule has 0 fully saturated rings. The number of nitrogens with one attached hydrogen (secondary N) is 2. The van der Waals surface area contributed by atoms with E-state index in [9.17, 15) is 13.2 Å². The lowest BCUT2D eigenvalue weighted by Crippen LogP contribution is -2.31. The Morgan fingerprint density at radius 2 is 1.85 bits per heavy atom. The Bertz CT molecular complexity index is 887. The number of benzene rings is 1. The van der Waals surface area contributed by atoms with Crippen LogP contribution in [0.3, 0.4) is 0 Å². The van der Waals surface area contributed by atoms with E-state index in [1.54, 1.807) is 26.8 Å². The first-order valence-corrected chi connectivity index (χ1v) is 10.3. The third kappa shape index (κ3) is 6.20. The van der Waals surface area contributed by atoms with E-state index in [1.807, 2.05) is 24.3 Å². The van der Waals surface area contributed by atoms with Crippen LogP contribution in [0.4, 0.5) is 0 Å². The second-order valence-electron chi connectivity index (χ2n) is 6.58. The summed E-state index contributed by atoms with van der Waals surface area (Å²) in [5, 5.41) is 3.22. The van der Waals surface area contributed by atoms with Gasteiger partial charge in [-0.05, 0) is 38.0 Å². The lowest BCUT2D eigenvalue weighted by atomic mass is 10.1. The van der Waals surface area contributed by atoms with Crippen LogP contribution in [0.5, 0.6) is 0 Å². The molecule has 2 N–H and O–H groups in total. The average Bonchev–Trinajstić information content (AvgIpc) is 2.95. The second kappa shape index (κ2) is 9.16. The number of methoxy groups -OCH3 is 1. The average molecular weight is 394 g/mol. The van der Waals surface area contributed by atoms with Crippen LogP contribution >= 0.6 is 0 Å². The van der Waals surface area contributed by atoms with Crippen molar-refractivity contribution in [1.82, 2.24) is 10.0 Å². The Morgan fingerprint density at radius 1 is 1.19 bits per heavy atom. The van der Waals surface area contributed by atoms with Crippen LogP contribution in [-0.4, -0.2) is 27.5 Å². The molecule has 2 rings (SSSR count). The zero-order chi connectivity index (χ0) is 20.0. The number of aryl methyl sites for hydroxylation is 1. The second-order valence-corrected chi connectivity index (χ2v) is 8.33. The van der Waals surface area contributed by atoms with Gasteiger partial charge in [-0.15, -0.1) is 0 Å². The number of furan rings is 1. The number of ether oxygens (including phenoxy) is 1. The van der Waals surface area contributed by atoms with Gasteiger partial charge in [0.15, 0.2) is 0 Å². The first-order valence-electron chi connectivity index (χ1n) is 8.67. The van der Waals surface area contributed by atoms with Crippen molar-refractivity contribution in [3.8, 4) is 0 Å². The molecule has 0 unspecified atom stereocenters. The molecule has 0 amide bonds. The van der Waals surface area contributed by atoms with Crippen LogP contribution < -0.4 is 10.0 Å². The van der Waals surface area contributed by atoms with Crippen LogP contribution in [0, 0.1) is 6.92 Å². The molecule has 7 nitrogen and oxygen atoms in total. The minimum absolute atomic E-state index is 0.0740. The predicted molar refractivity (Wildman–Crippen MR) is 103 cm³/mol. The SMILES string of the molecule is COC(=O)c1cc(CNCc2ccccc2CS(=O)(=O)NC(C)C)oc1C. The van der Waals surface area contributed by atoms with Crippen molar-refractivity contribution >= 4 is 16.0 Å². The van der Waals surface area contributed by atoms with Crippen molar-refractivity contribution < 1.29 is 22.4 Å². The topological polar surface area (TPSA) is 97.6 Å². The minimum atomic E-state index is -3.40. The number of sulfonamides is 1. The number of hydrogen-bond donors (Lipinski definition) is 2. The minimum Gasteiger partial charge on any atom is -0.465 e. The van der Waals surface area contributed by atoms with Gasteiger partial charge < -0.3 is 14.5 Å². The lowest BCUT2D eigenvalue weighted by Gasteiger charge is -2.13. The van der Waals surface area contributed by atoms with E-state index in [0.717, 1.165) is 11.1 Å². The fourth-order valence-electron chi connectivity index (χ4n) is 2.74. The molecular weight excluding hydrogens is 368 g/mol. The summed E-state index contributed by atoms with van der Waals surface area (Å²) < 4.78 is 37.3. The van der Waals surface area contributed by atoms with Crippen LogP contribution in [0.2, 0.25) is 0 Å². The molecule has 0 bridgehead atoms. The van der Waals surface area contributed by atoms with Gasteiger partial charge in [-0.2, -0.15) is 0 Å². The Labute approximate surface area is 160 Å². The van der Waals surface area contributed by atoms with Crippen molar-refractivity contribution in [1.29, 1.82) is 0 Å². The third-order valence-corrected chi connectivity index (χ3v) is 5.39. The molecule has 0 aliphatic rings. The number of rotatable bonds is 9. The molecule has 0 saturated carbocycles. The molecule has 0 radical (unpaired) electrons. The van der Waals surface area contributed by atoms with E-state index in [4.69, 9.17) is 9.15 Å². The van der Waals surface area contributed by atoms with Crippen LogP contribution in [0.1, 0.15) is 46.9 Å². The number of carbonyl (C=O) groups excluding carboxylic acids is 1. The summed E-state index contributed by atoms with van der Waals surface area (Å²) in [5.41, 5.74) is 2.03. The van der Waals surface area contributed by atoms with Crippen molar-refractivity contribution in [3.63, 3.8) is 0 Å². The van der Waals surface area contributed by atoms with Gasteiger partial charge in [0.25, 0.3) is 0 Å². The lowest BCUT2D eigenvalue weighted by molar-refractivity contribution is 0.0599. The Hall–Kier alpha value is -2.16. The highest BCUT2D eigenvalue weighted by Crippen LogP contribution is 2.16. The van der Waals surface area contributed by atoms with Crippen molar-refractivity contribution in [2.24, 2.45) is 0 Å². The summed E-state index contributed by atoms with van der Waals surface area (Å²) >= 11 is 0. The maximum atomic E-state index is 12.2. The fraction of sp³-hybridized carbons (Fsp3) is 0.421. The fourth-order valence-corrected chi connectivity index (χ4v) is 4.23. The molecule has 0 saturated heterocycles. The molecule has 0 spiro atoms. The monoisotopic (exact) mass is 394 g/mol. The van der Waals surface area contributed by atoms with E-state index in [-0.39, 0.29) is 11.8 Å². The zero-order valence-electron chi connectivity index (χ0n) is 16.0. The van der Waals surface area contributed by atoms with Gasteiger partial charge in [-0.25, -0.2) is 17.9 Å². The van der Waals surface area contributed by atoms with Crippen molar-refractivity contribution in [2.45, 2.75) is 45.7 Å². The normalized spacial score (nSPS) is 11.7. The first-order chi connectivity index (χ1) is 12.7. The van der Waals surface area contributed by atoms with Crippen LogP contribution in [-0.2, 0) is 33.6 Å².